The topological polar surface area (TPSA) is 84.9 Å². The fraction of sp³-hybridized carbons (Fsp3) is 0.231. The molecule has 1 heterocycles. The summed E-state index contributed by atoms with van der Waals surface area (Å²) in [6.07, 6.45) is 1.09. The molecule has 2 N–H and O–H groups in total. The van der Waals surface area contributed by atoms with E-state index in [0.29, 0.717) is 24.5 Å². The lowest BCUT2D eigenvalue weighted by atomic mass is 10.1. The van der Waals surface area contributed by atoms with Crippen molar-refractivity contribution in [1.29, 1.82) is 0 Å². The number of carboxylic acid groups (broad SMARTS) is 1. The quantitative estimate of drug-likeness (QED) is 0.850. The Morgan fingerprint density at radius 3 is 2.74 bits per heavy atom. The average Bonchev–Trinajstić information content (AvgIpc) is 2.41. The second kappa shape index (κ2) is 5.90. The zero-order valence-electron chi connectivity index (χ0n) is 10.1. The molecular weight excluding hydrogens is 250 g/mol. The highest BCUT2D eigenvalue weighted by Gasteiger charge is 2.16. The maximum absolute atomic E-state index is 11.9. The van der Waals surface area contributed by atoms with Crippen LogP contribution in [0.4, 0.5) is 5.69 Å². The molecule has 6 nitrogen and oxygen atoms in total. The second-order valence-corrected chi connectivity index (χ2v) is 3.88. The molecule has 100 valence electrons. The number of amides is 1. The highest BCUT2D eigenvalue weighted by atomic mass is 16.6. The molecule has 19 heavy (non-hydrogen) atoms. The lowest BCUT2D eigenvalue weighted by Gasteiger charge is -2.16. The van der Waals surface area contributed by atoms with Crippen molar-refractivity contribution in [1.82, 2.24) is 0 Å². The number of carboxylic acids is 1. The fourth-order valence-electron chi connectivity index (χ4n) is 1.63. The van der Waals surface area contributed by atoms with Crippen LogP contribution >= 0.6 is 0 Å². The summed E-state index contributed by atoms with van der Waals surface area (Å²) in [7, 11) is 0. The Bertz CT molecular complexity index is 524. The molecule has 0 spiro atoms. The molecule has 0 unspecified atom stereocenters. The van der Waals surface area contributed by atoms with Gasteiger partial charge >= 0.3 is 5.97 Å². The first kappa shape index (κ1) is 12.9. The minimum atomic E-state index is -0.960. The third kappa shape index (κ3) is 3.48. The standard InChI is InChI=1S/C13H13NO5/c15-12(16)7-9-3-1-2-4-10(9)14-13(17)11-8-18-5-6-19-11/h1-4,8H,5-7H2,(H,14,17)(H,15,16). The van der Waals surface area contributed by atoms with Crippen LogP contribution < -0.4 is 5.32 Å². The van der Waals surface area contributed by atoms with Crippen LogP contribution in [-0.4, -0.2) is 30.2 Å². The number of benzene rings is 1. The number of para-hydroxylation sites is 1. The smallest absolute Gasteiger partial charge is 0.307 e. The second-order valence-electron chi connectivity index (χ2n) is 3.88. The van der Waals surface area contributed by atoms with Gasteiger partial charge in [0.15, 0.2) is 0 Å². The lowest BCUT2D eigenvalue weighted by Crippen LogP contribution is -2.22. The number of nitrogens with one attached hydrogen (secondary N) is 1. The van der Waals surface area contributed by atoms with E-state index < -0.39 is 11.9 Å². The van der Waals surface area contributed by atoms with Crippen molar-refractivity contribution in [3.63, 3.8) is 0 Å². The molecule has 1 aliphatic rings. The summed E-state index contributed by atoms with van der Waals surface area (Å²) in [6.45, 7) is 0.725. The van der Waals surface area contributed by atoms with E-state index in [0.717, 1.165) is 0 Å². The number of hydrogen-bond acceptors (Lipinski definition) is 4. The molecular formula is C13H13NO5. The molecule has 1 aromatic rings. The highest BCUT2D eigenvalue weighted by Crippen LogP contribution is 2.17. The lowest BCUT2D eigenvalue weighted by molar-refractivity contribution is -0.136. The fourth-order valence-corrected chi connectivity index (χ4v) is 1.63. The Morgan fingerprint density at radius 1 is 1.26 bits per heavy atom. The van der Waals surface area contributed by atoms with Crippen molar-refractivity contribution in [3.8, 4) is 0 Å². The summed E-state index contributed by atoms with van der Waals surface area (Å²) < 4.78 is 10.1. The van der Waals surface area contributed by atoms with Crippen LogP contribution in [-0.2, 0) is 25.5 Å². The maximum atomic E-state index is 11.9. The number of carbonyl (C=O) groups is 2. The Kier molecular flexibility index (Phi) is 4.02. The molecule has 0 fully saturated rings. The zero-order valence-corrected chi connectivity index (χ0v) is 10.1. The van der Waals surface area contributed by atoms with Gasteiger partial charge in [0.05, 0.1) is 6.42 Å². The van der Waals surface area contributed by atoms with E-state index >= 15 is 0 Å². The van der Waals surface area contributed by atoms with Gasteiger partial charge in [-0.3, -0.25) is 9.59 Å². The van der Waals surface area contributed by atoms with E-state index in [4.69, 9.17) is 14.6 Å². The van der Waals surface area contributed by atoms with Gasteiger partial charge in [0.25, 0.3) is 5.91 Å². The van der Waals surface area contributed by atoms with Crippen LogP contribution in [0.25, 0.3) is 0 Å². The average molecular weight is 263 g/mol. The first-order valence-corrected chi connectivity index (χ1v) is 5.72. The third-order valence-corrected chi connectivity index (χ3v) is 2.48. The molecule has 1 aliphatic heterocycles. The van der Waals surface area contributed by atoms with Gasteiger partial charge in [-0.15, -0.1) is 0 Å². The maximum Gasteiger partial charge on any atom is 0.307 e. The number of carbonyl (C=O) groups excluding carboxylic acids is 1. The minimum absolute atomic E-state index is 0.0800. The summed E-state index contributed by atoms with van der Waals surface area (Å²) in [5, 5.41) is 11.4. The molecule has 0 radical (unpaired) electrons. The van der Waals surface area contributed by atoms with Crippen molar-refractivity contribution in [2.24, 2.45) is 0 Å². The van der Waals surface area contributed by atoms with Crippen molar-refractivity contribution < 1.29 is 24.2 Å². The first-order valence-electron chi connectivity index (χ1n) is 5.72. The van der Waals surface area contributed by atoms with E-state index in [1.54, 1.807) is 24.3 Å². The van der Waals surface area contributed by atoms with Gasteiger partial charge < -0.3 is 19.9 Å². The van der Waals surface area contributed by atoms with Crippen molar-refractivity contribution >= 4 is 17.6 Å². The molecule has 0 bridgehead atoms. The summed E-state index contributed by atoms with van der Waals surface area (Å²) >= 11 is 0. The van der Waals surface area contributed by atoms with Gasteiger partial charge in [0.2, 0.25) is 5.76 Å². The monoisotopic (exact) mass is 263 g/mol. The van der Waals surface area contributed by atoms with Gasteiger partial charge in [0, 0.05) is 5.69 Å². The number of hydrogen-bond donors (Lipinski definition) is 2. The third-order valence-electron chi connectivity index (χ3n) is 2.48. The molecule has 0 aromatic heterocycles. The van der Waals surface area contributed by atoms with Gasteiger partial charge in [0.1, 0.15) is 19.5 Å². The van der Waals surface area contributed by atoms with Crippen molar-refractivity contribution in [3.05, 3.63) is 41.9 Å². The van der Waals surface area contributed by atoms with Gasteiger partial charge in [-0.2, -0.15) is 0 Å². The van der Waals surface area contributed by atoms with E-state index in [1.807, 2.05) is 0 Å². The summed E-state index contributed by atoms with van der Waals surface area (Å²) in [6, 6.07) is 6.72. The molecule has 0 atom stereocenters. The van der Waals surface area contributed by atoms with Gasteiger partial charge in [-0.25, -0.2) is 0 Å². The number of ether oxygens (including phenoxy) is 2. The predicted molar refractivity (Wildman–Crippen MR) is 66.4 cm³/mol. The Morgan fingerprint density at radius 2 is 2.05 bits per heavy atom. The van der Waals surface area contributed by atoms with Gasteiger partial charge in [-0.05, 0) is 11.6 Å². The van der Waals surface area contributed by atoms with Crippen LogP contribution in [0, 0.1) is 0 Å². The van der Waals surface area contributed by atoms with Gasteiger partial charge in [-0.1, -0.05) is 18.2 Å². The first-order chi connectivity index (χ1) is 9.16. The van der Waals surface area contributed by atoms with Crippen LogP contribution in [0.15, 0.2) is 36.3 Å². The molecule has 1 amide bonds. The summed E-state index contributed by atoms with van der Waals surface area (Å²) in [4.78, 5) is 22.6. The van der Waals surface area contributed by atoms with Crippen molar-refractivity contribution in [2.75, 3.05) is 18.5 Å². The summed E-state index contributed by atoms with van der Waals surface area (Å²) in [5.74, 6) is -1.34. The van der Waals surface area contributed by atoms with E-state index in [9.17, 15) is 9.59 Å². The number of rotatable bonds is 4. The van der Waals surface area contributed by atoms with Crippen molar-refractivity contribution in [2.45, 2.75) is 6.42 Å². The normalized spacial score (nSPS) is 13.8. The molecule has 0 aliphatic carbocycles. The molecule has 1 aromatic carbocycles. The predicted octanol–water partition coefficient (Wildman–Crippen LogP) is 1.14. The number of aliphatic carboxylic acids is 1. The van der Waals surface area contributed by atoms with Crippen LogP contribution in [0.2, 0.25) is 0 Å². The molecule has 0 saturated heterocycles. The largest absolute Gasteiger partial charge is 0.494 e. The van der Waals surface area contributed by atoms with E-state index in [1.165, 1.54) is 6.26 Å². The zero-order chi connectivity index (χ0) is 13.7. The Hall–Kier alpha value is -2.50. The number of anilines is 1. The molecule has 6 heteroatoms. The Labute approximate surface area is 109 Å². The van der Waals surface area contributed by atoms with Crippen LogP contribution in [0.3, 0.4) is 0 Å². The molecule has 0 saturated carbocycles. The molecule has 2 rings (SSSR count). The Balaban J connectivity index is 2.12. The van der Waals surface area contributed by atoms with E-state index in [-0.39, 0.29) is 12.2 Å². The SMILES string of the molecule is O=C(O)Cc1ccccc1NC(=O)C1=COCCO1. The van der Waals surface area contributed by atoms with Crippen LogP contribution in [0.1, 0.15) is 5.56 Å². The summed E-state index contributed by atoms with van der Waals surface area (Å²) in [5.41, 5.74) is 0.977. The minimum Gasteiger partial charge on any atom is -0.494 e. The van der Waals surface area contributed by atoms with Crippen LogP contribution in [0.5, 0.6) is 0 Å². The highest BCUT2D eigenvalue weighted by molar-refractivity contribution is 6.02. The van der Waals surface area contributed by atoms with E-state index in [2.05, 4.69) is 5.32 Å².